The average molecular weight is 396 g/mol. The Kier molecular flexibility index (Phi) is 4.89. The van der Waals surface area contributed by atoms with Crippen LogP contribution in [-0.4, -0.2) is 34.2 Å². The van der Waals surface area contributed by atoms with Crippen LogP contribution in [0.3, 0.4) is 0 Å². The molecule has 8 nitrogen and oxygen atoms in total. The number of para-hydroxylation sites is 3. The fourth-order valence-corrected chi connectivity index (χ4v) is 3.98. The molecule has 0 bridgehead atoms. The van der Waals surface area contributed by atoms with Crippen LogP contribution < -0.4 is 0 Å². The second kappa shape index (κ2) is 7.00. The highest BCUT2D eigenvalue weighted by molar-refractivity contribution is 7.89. The van der Waals surface area contributed by atoms with Gasteiger partial charge in [0.25, 0.3) is 5.69 Å². The molecule has 0 saturated heterocycles. The zero-order valence-corrected chi connectivity index (χ0v) is 14.8. The summed E-state index contributed by atoms with van der Waals surface area (Å²) in [5.41, 5.74) is -0.130. The van der Waals surface area contributed by atoms with E-state index < -0.39 is 38.6 Å². The largest absolute Gasteiger partial charge is 0.320 e. The molecule has 2 aromatic carbocycles. The van der Waals surface area contributed by atoms with Crippen LogP contribution in [0.15, 0.2) is 53.4 Å². The van der Waals surface area contributed by atoms with Gasteiger partial charge in [-0.05, 0) is 18.2 Å². The highest BCUT2D eigenvalue weighted by Crippen LogP contribution is 2.28. The van der Waals surface area contributed by atoms with Crippen LogP contribution >= 0.6 is 0 Å². The standard InChI is InChI=1S/C16H14F2N4O4S/c1-20(27(25,26)14-9-5-4-8-13(14)22(23)24)10-15-19-11-6-2-3-7-12(11)21(15)16(17)18/h2-9,16H,10H2,1H3. The first-order valence-electron chi connectivity index (χ1n) is 7.67. The summed E-state index contributed by atoms with van der Waals surface area (Å²) in [6.45, 7) is -3.40. The average Bonchev–Trinajstić information content (AvgIpc) is 2.99. The van der Waals surface area contributed by atoms with Crippen LogP contribution in [-0.2, 0) is 16.6 Å². The first-order chi connectivity index (χ1) is 12.7. The smallest absolute Gasteiger partial charge is 0.269 e. The SMILES string of the molecule is CN(Cc1nc2ccccc2n1C(F)F)S(=O)(=O)c1ccccc1[N+](=O)[O-]. The van der Waals surface area contributed by atoms with E-state index in [1.54, 1.807) is 12.1 Å². The van der Waals surface area contributed by atoms with Crippen molar-refractivity contribution in [1.29, 1.82) is 0 Å². The molecule has 11 heteroatoms. The Labute approximate surface area is 152 Å². The van der Waals surface area contributed by atoms with Gasteiger partial charge in [0.2, 0.25) is 10.0 Å². The topological polar surface area (TPSA) is 98.3 Å². The Morgan fingerprint density at radius 1 is 1.19 bits per heavy atom. The Balaban J connectivity index is 2.03. The normalized spacial score (nSPS) is 12.2. The Morgan fingerprint density at radius 3 is 2.48 bits per heavy atom. The predicted molar refractivity (Wildman–Crippen MR) is 92.7 cm³/mol. The van der Waals surface area contributed by atoms with Crippen LogP contribution in [0, 0.1) is 10.1 Å². The van der Waals surface area contributed by atoms with Gasteiger partial charge in [0.1, 0.15) is 5.82 Å². The minimum atomic E-state index is -4.30. The molecule has 0 N–H and O–H groups in total. The number of aromatic nitrogens is 2. The predicted octanol–water partition coefficient (Wildman–Crippen LogP) is 3.16. The fraction of sp³-hybridized carbons (Fsp3) is 0.188. The summed E-state index contributed by atoms with van der Waals surface area (Å²) in [6.07, 6.45) is 0. The first-order valence-corrected chi connectivity index (χ1v) is 9.11. The zero-order chi connectivity index (χ0) is 19.8. The number of hydrogen-bond donors (Lipinski definition) is 0. The molecular weight excluding hydrogens is 382 g/mol. The van der Waals surface area contributed by atoms with Gasteiger partial charge in [-0.1, -0.05) is 24.3 Å². The monoisotopic (exact) mass is 396 g/mol. The van der Waals surface area contributed by atoms with Crippen molar-refractivity contribution in [3.05, 3.63) is 64.5 Å². The number of sulfonamides is 1. The molecule has 27 heavy (non-hydrogen) atoms. The molecule has 0 atom stereocenters. The third-order valence-corrected chi connectivity index (χ3v) is 5.83. The van der Waals surface area contributed by atoms with Crippen LogP contribution in [0.25, 0.3) is 11.0 Å². The summed E-state index contributed by atoms with van der Waals surface area (Å²) in [5, 5.41) is 11.1. The number of nitro benzene ring substituents is 1. The van der Waals surface area contributed by atoms with Gasteiger partial charge in [-0.25, -0.2) is 13.4 Å². The van der Waals surface area contributed by atoms with E-state index in [0.29, 0.717) is 10.1 Å². The van der Waals surface area contributed by atoms with Gasteiger partial charge in [0.05, 0.1) is 22.5 Å². The Morgan fingerprint density at radius 2 is 1.81 bits per heavy atom. The summed E-state index contributed by atoms with van der Waals surface area (Å²) < 4.78 is 53.9. The van der Waals surface area contributed by atoms with E-state index in [9.17, 15) is 27.3 Å². The molecule has 0 aliphatic carbocycles. The van der Waals surface area contributed by atoms with Crippen molar-refractivity contribution in [2.45, 2.75) is 18.0 Å². The lowest BCUT2D eigenvalue weighted by Gasteiger charge is -2.17. The van der Waals surface area contributed by atoms with E-state index >= 15 is 0 Å². The maximum Gasteiger partial charge on any atom is 0.320 e. The van der Waals surface area contributed by atoms with E-state index in [2.05, 4.69) is 4.98 Å². The number of halogens is 2. The molecule has 142 valence electrons. The zero-order valence-electron chi connectivity index (χ0n) is 14.0. The molecule has 0 aliphatic heterocycles. The maximum atomic E-state index is 13.5. The molecule has 3 aromatic rings. The summed E-state index contributed by atoms with van der Waals surface area (Å²) in [7, 11) is -3.15. The minimum Gasteiger partial charge on any atom is -0.269 e. The molecule has 1 heterocycles. The number of nitrogens with zero attached hydrogens (tertiary/aromatic N) is 4. The van der Waals surface area contributed by atoms with Crippen molar-refractivity contribution in [3.63, 3.8) is 0 Å². The molecule has 0 amide bonds. The quantitative estimate of drug-likeness (QED) is 0.471. The number of benzene rings is 2. The van der Waals surface area contributed by atoms with Crippen molar-refractivity contribution in [1.82, 2.24) is 13.9 Å². The van der Waals surface area contributed by atoms with Crippen LogP contribution in [0.2, 0.25) is 0 Å². The van der Waals surface area contributed by atoms with Crippen LogP contribution in [0.5, 0.6) is 0 Å². The lowest BCUT2D eigenvalue weighted by molar-refractivity contribution is -0.387. The van der Waals surface area contributed by atoms with Gasteiger partial charge in [-0.15, -0.1) is 0 Å². The van der Waals surface area contributed by atoms with Crippen LogP contribution in [0.1, 0.15) is 12.4 Å². The number of fused-ring (bicyclic) bond motifs is 1. The molecule has 0 radical (unpaired) electrons. The van der Waals surface area contributed by atoms with Gasteiger partial charge < -0.3 is 0 Å². The molecule has 0 fully saturated rings. The van der Waals surface area contributed by atoms with Gasteiger partial charge in [-0.3, -0.25) is 14.7 Å². The second-order valence-corrected chi connectivity index (χ2v) is 7.66. The van der Waals surface area contributed by atoms with Crippen molar-refractivity contribution in [2.75, 3.05) is 7.05 Å². The summed E-state index contributed by atoms with van der Waals surface area (Å²) in [6, 6.07) is 11.0. The number of alkyl halides is 2. The van der Waals surface area contributed by atoms with E-state index in [-0.39, 0.29) is 11.3 Å². The maximum absolute atomic E-state index is 13.5. The highest BCUT2D eigenvalue weighted by Gasteiger charge is 2.30. The lowest BCUT2D eigenvalue weighted by Crippen LogP contribution is -2.28. The highest BCUT2D eigenvalue weighted by atomic mass is 32.2. The van der Waals surface area contributed by atoms with E-state index in [1.165, 1.54) is 24.3 Å². The molecule has 0 saturated carbocycles. The number of imidazole rings is 1. The third-order valence-electron chi connectivity index (χ3n) is 3.98. The van der Waals surface area contributed by atoms with Gasteiger partial charge in [0.15, 0.2) is 4.90 Å². The number of hydrogen-bond acceptors (Lipinski definition) is 5. The summed E-state index contributed by atoms with van der Waals surface area (Å²) in [4.78, 5) is 13.9. The molecular formula is C16H14F2N4O4S. The number of nitro groups is 1. The summed E-state index contributed by atoms with van der Waals surface area (Å²) >= 11 is 0. The molecule has 0 aliphatic rings. The van der Waals surface area contributed by atoms with E-state index in [0.717, 1.165) is 23.5 Å². The molecule has 0 unspecified atom stereocenters. The molecule has 3 rings (SSSR count). The summed E-state index contributed by atoms with van der Waals surface area (Å²) in [5.74, 6) is -0.171. The molecule has 1 aromatic heterocycles. The van der Waals surface area contributed by atoms with Gasteiger partial charge in [-0.2, -0.15) is 13.1 Å². The Hall–Kier alpha value is -2.92. The van der Waals surface area contributed by atoms with E-state index in [1.807, 2.05) is 0 Å². The first kappa shape index (κ1) is 18.9. The third kappa shape index (κ3) is 3.38. The van der Waals surface area contributed by atoms with Crippen molar-refractivity contribution >= 4 is 26.7 Å². The number of rotatable bonds is 6. The van der Waals surface area contributed by atoms with Crippen molar-refractivity contribution < 1.29 is 22.1 Å². The fourth-order valence-electron chi connectivity index (χ4n) is 2.70. The Bertz CT molecular complexity index is 1110. The second-order valence-electron chi connectivity index (χ2n) is 5.65. The minimum absolute atomic E-state index is 0.166. The lowest BCUT2D eigenvalue weighted by atomic mass is 10.3. The van der Waals surface area contributed by atoms with Crippen molar-refractivity contribution in [2.24, 2.45) is 0 Å². The van der Waals surface area contributed by atoms with Crippen LogP contribution in [0.4, 0.5) is 14.5 Å². The van der Waals surface area contributed by atoms with Gasteiger partial charge >= 0.3 is 6.55 Å². The van der Waals surface area contributed by atoms with Gasteiger partial charge in [0, 0.05) is 13.1 Å². The molecule has 0 spiro atoms. The van der Waals surface area contributed by atoms with E-state index in [4.69, 9.17) is 0 Å². The van der Waals surface area contributed by atoms with Crippen molar-refractivity contribution in [3.8, 4) is 0 Å².